The van der Waals surface area contributed by atoms with Crippen LogP contribution in [0.15, 0.2) is 48.8 Å². The second-order valence-electron chi connectivity index (χ2n) is 4.61. The van der Waals surface area contributed by atoms with E-state index in [2.05, 4.69) is 10.4 Å². The van der Waals surface area contributed by atoms with E-state index in [-0.39, 0.29) is 5.91 Å². The zero-order valence-electron chi connectivity index (χ0n) is 12.2. The third kappa shape index (κ3) is 2.46. The highest BCUT2D eigenvalue weighted by Crippen LogP contribution is 2.24. The van der Waals surface area contributed by atoms with Gasteiger partial charge in [-0.2, -0.15) is 0 Å². The molecule has 3 rings (SSSR count). The Bertz CT molecular complexity index is 826. The van der Waals surface area contributed by atoms with Gasteiger partial charge in [0, 0.05) is 6.07 Å². The van der Waals surface area contributed by atoms with E-state index in [1.165, 1.54) is 7.11 Å². The summed E-state index contributed by atoms with van der Waals surface area (Å²) in [6.45, 7) is 0. The van der Waals surface area contributed by atoms with Gasteiger partial charge in [-0.3, -0.25) is 10.2 Å². The first-order valence-electron chi connectivity index (χ1n) is 6.68. The molecule has 1 N–H and O–H groups in total. The normalized spacial score (nSPS) is 10.5. The summed E-state index contributed by atoms with van der Waals surface area (Å²) in [5.74, 6) is 0.783. The molecule has 1 heterocycles. The van der Waals surface area contributed by atoms with E-state index in [0.29, 0.717) is 17.1 Å². The molecule has 0 unspecified atom stereocenters. The Morgan fingerprint density at radius 1 is 1.14 bits per heavy atom. The predicted octanol–water partition coefficient (Wildman–Crippen LogP) is 2.44. The van der Waals surface area contributed by atoms with Crippen molar-refractivity contribution < 1.29 is 14.3 Å². The number of para-hydroxylation sites is 2. The summed E-state index contributed by atoms with van der Waals surface area (Å²) < 4.78 is 12.0. The molecule has 0 radical (unpaired) electrons. The van der Waals surface area contributed by atoms with Crippen LogP contribution in [0.3, 0.4) is 0 Å². The quantitative estimate of drug-likeness (QED) is 0.803. The first-order chi connectivity index (χ1) is 10.7. The maximum Gasteiger partial charge on any atom is 0.273 e. The van der Waals surface area contributed by atoms with Gasteiger partial charge in [0.2, 0.25) is 0 Å². The van der Waals surface area contributed by atoms with E-state index in [0.717, 1.165) is 11.0 Å². The van der Waals surface area contributed by atoms with Crippen LogP contribution in [0.5, 0.6) is 11.5 Å². The number of methoxy groups -OCH3 is 2. The molecule has 0 saturated carbocycles. The van der Waals surface area contributed by atoms with E-state index < -0.39 is 0 Å². The fraction of sp³-hybridized carbons (Fsp3) is 0.125. The summed E-state index contributed by atoms with van der Waals surface area (Å²) in [5.41, 5.74) is 4.84. The van der Waals surface area contributed by atoms with Gasteiger partial charge in [0.25, 0.3) is 5.91 Å². The number of nitrogens with one attached hydrogen (secondary N) is 1. The van der Waals surface area contributed by atoms with E-state index in [1.807, 2.05) is 24.3 Å². The molecule has 0 fully saturated rings. The highest BCUT2D eigenvalue weighted by atomic mass is 16.5. The Labute approximate surface area is 127 Å². The number of ether oxygens (including phenoxy) is 2. The first-order valence-corrected chi connectivity index (χ1v) is 6.68. The smallest absolute Gasteiger partial charge is 0.273 e. The zero-order chi connectivity index (χ0) is 15.5. The van der Waals surface area contributed by atoms with Crippen LogP contribution in [0.4, 0.5) is 0 Å². The molecule has 1 aromatic heterocycles. The predicted molar refractivity (Wildman–Crippen MR) is 83.0 cm³/mol. The van der Waals surface area contributed by atoms with Crippen LogP contribution in [-0.4, -0.2) is 29.8 Å². The molecular weight excluding hydrogens is 282 g/mol. The number of hydrogen-bond acceptors (Lipinski definition) is 4. The Balaban J connectivity index is 1.91. The minimum Gasteiger partial charge on any atom is -0.497 e. The molecule has 1 amide bonds. The molecule has 0 aliphatic heterocycles. The standard InChI is InChI=1S/C16H15N3O3/c1-21-11-7-8-12(15(9-11)22-2)16(20)18-19-10-17-13-5-3-4-6-14(13)19/h3-10H,1-2H3,(H,18,20). The monoisotopic (exact) mass is 297 g/mol. The van der Waals surface area contributed by atoms with Crippen LogP contribution in [0.1, 0.15) is 10.4 Å². The van der Waals surface area contributed by atoms with Crippen LogP contribution >= 0.6 is 0 Å². The van der Waals surface area contributed by atoms with Crippen molar-refractivity contribution in [3.8, 4) is 11.5 Å². The number of carbonyl (C=O) groups excluding carboxylic acids is 1. The van der Waals surface area contributed by atoms with Crippen molar-refractivity contribution in [1.29, 1.82) is 0 Å². The number of nitrogens with zero attached hydrogens (tertiary/aromatic N) is 2. The van der Waals surface area contributed by atoms with Gasteiger partial charge in [0.15, 0.2) is 0 Å². The van der Waals surface area contributed by atoms with Gasteiger partial charge >= 0.3 is 0 Å². The lowest BCUT2D eigenvalue weighted by molar-refractivity contribution is 0.101. The van der Waals surface area contributed by atoms with Crippen LogP contribution in [0, 0.1) is 0 Å². The Morgan fingerprint density at radius 2 is 1.95 bits per heavy atom. The lowest BCUT2D eigenvalue weighted by Crippen LogP contribution is -2.22. The van der Waals surface area contributed by atoms with Crippen LogP contribution in [0.25, 0.3) is 11.0 Å². The van der Waals surface area contributed by atoms with Crippen molar-refractivity contribution >= 4 is 16.9 Å². The van der Waals surface area contributed by atoms with Gasteiger partial charge in [-0.05, 0) is 24.3 Å². The van der Waals surface area contributed by atoms with Gasteiger partial charge in [0.05, 0.1) is 30.8 Å². The highest BCUT2D eigenvalue weighted by molar-refractivity contribution is 6.03. The summed E-state index contributed by atoms with van der Waals surface area (Å²) >= 11 is 0. The summed E-state index contributed by atoms with van der Waals surface area (Å²) in [6.07, 6.45) is 1.57. The molecule has 6 heteroatoms. The summed E-state index contributed by atoms with van der Waals surface area (Å²) in [5, 5.41) is 0. The van der Waals surface area contributed by atoms with E-state index in [9.17, 15) is 4.79 Å². The molecule has 0 spiro atoms. The van der Waals surface area contributed by atoms with Gasteiger partial charge < -0.3 is 9.47 Å². The van der Waals surface area contributed by atoms with Gasteiger partial charge in [-0.25, -0.2) is 9.66 Å². The van der Waals surface area contributed by atoms with E-state index >= 15 is 0 Å². The Kier molecular flexibility index (Phi) is 3.65. The third-order valence-electron chi connectivity index (χ3n) is 3.33. The highest BCUT2D eigenvalue weighted by Gasteiger charge is 2.14. The average molecular weight is 297 g/mol. The van der Waals surface area contributed by atoms with Gasteiger partial charge in [-0.1, -0.05) is 12.1 Å². The zero-order valence-corrected chi connectivity index (χ0v) is 12.2. The van der Waals surface area contributed by atoms with Gasteiger partial charge in [-0.15, -0.1) is 0 Å². The molecule has 0 atom stereocenters. The topological polar surface area (TPSA) is 65.4 Å². The van der Waals surface area contributed by atoms with Crippen LogP contribution < -0.4 is 14.9 Å². The number of carbonyl (C=O) groups is 1. The number of rotatable bonds is 4. The van der Waals surface area contributed by atoms with E-state index in [1.54, 1.807) is 36.3 Å². The number of benzene rings is 2. The molecule has 2 aromatic carbocycles. The molecule has 0 saturated heterocycles. The van der Waals surface area contributed by atoms with Crippen molar-refractivity contribution in [2.24, 2.45) is 0 Å². The van der Waals surface area contributed by atoms with Crippen molar-refractivity contribution in [2.75, 3.05) is 19.6 Å². The maximum absolute atomic E-state index is 12.5. The van der Waals surface area contributed by atoms with Crippen molar-refractivity contribution in [3.05, 3.63) is 54.4 Å². The molecule has 6 nitrogen and oxygen atoms in total. The molecule has 0 aliphatic carbocycles. The largest absolute Gasteiger partial charge is 0.497 e. The van der Waals surface area contributed by atoms with Crippen molar-refractivity contribution in [3.63, 3.8) is 0 Å². The molecule has 3 aromatic rings. The maximum atomic E-state index is 12.5. The third-order valence-corrected chi connectivity index (χ3v) is 3.33. The lowest BCUT2D eigenvalue weighted by atomic mass is 10.2. The molecule has 0 bridgehead atoms. The fourth-order valence-corrected chi connectivity index (χ4v) is 2.20. The number of fused-ring (bicyclic) bond motifs is 1. The average Bonchev–Trinajstić information content (AvgIpc) is 2.97. The summed E-state index contributed by atoms with van der Waals surface area (Å²) in [6, 6.07) is 12.6. The second-order valence-corrected chi connectivity index (χ2v) is 4.61. The molecule has 112 valence electrons. The fourth-order valence-electron chi connectivity index (χ4n) is 2.20. The van der Waals surface area contributed by atoms with Crippen LogP contribution in [-0.2, 0) is 0 Å². The number of aromatic nitrogens is 2. The van der Waals surface area contributed by atoms with Gasteiger partial charge in [0.1, 0.15) is 17.8 Å². The Morgan fingerprint density at radius 3 is 2.73 bits per heavy atom. The van der Waals surface area contributed by atoms with Crippen molar-refractivity contribution in [2.45, 2.75) is 0 Å². The first kappa shape index (κ1) is 13.9. The summed E-state index contributed by atoms with van der Waals surface area (Å²) in [4.78, 5) is 16.7. The van der Waals surface area contributed by atoms with Crippen LogP contribution in [0.2, 0.25) is 0 Å². The minimum absolute atomic E-state index is 0.289. The number of imidazole rings is 1. The molecule has 22 heavy (non-hydrogen) atoms. The number of hydrogen-bond donors (Lipinski definition) is 1. The Hall–Kier alpha value is -3.02. The number of amides is 1. The lowest BCUT2D eigenvalue weighted by Gasteiger charge is -2.11. The SMILES string of the molecule is COc1ccc(C(=O)Nn2cnc3ccccc32)c(OC)c1. The molecule has 0 aliphatic rings. The van der Waals surface area contributed by atoms with Crippen molar-refractivity contribution in [1.82, 2.24) is 9.66 Å². The summed E-state index contributed by atoms with van der Waals surface area (Å²) in [7, 11) is 3.07. The van der Waals surface area contributed by atoms with E-state index in [4.69, 9.17) is 9.47 Å². The minimum atomic E-state index is -0.289. The molecular formula is C16H15N3O3. The second kappa shape index (κ2) is 5.77.